The molecule has 1 amide bonds. The summed E-state index contributed by atoms with van der Waals surface area (Å²) in [6, 6.07) is 6.73. The number of H-pyrrole nitrogens is 1. The minimum atomic E-state index is -0.223. The Balaban J connectivity index is 1.89. The van der Waals surface area contributed by atoms with Crippen molar-refractivity contribution >= 4 is 22.4 Å². The summed E-state index contributed by atoms with van der Waals surface area (Å²) in [6.07, 6.45) is 6.34. The van der Waals surface area contributed by atoms with Crippen LogP contribution in [0, 0.1) is 5.92 Å². The number of aromatic amines is 1. The summed E-state index contributed by atoms with van der Waals surface area (Å²) in [5.74, 6) is -0.410. The maximum Gasteiger partial charge on any atom is 0.225 e. The number of fused-ring (bicyclic) bond motifs is 2. The summed E-state index contributed by atoms with van der Waals surface area (Å²) >= 11 is 0. The molecule has 1 aliphatic carbocycles. The predicted molar refractivity (Wildman–Crippen MR) is 88.3 cm³/mol. The Morgan fingerprint density at radius 1 is 1.45 bits per heavy atom. The molecule has 0 radical (unpaired) electrons. The second-order valence-corrected chi connectivity index (χ2v) is 6.39. The van der Waals surface area contributed by atoms with Crippen molar-refractivity contribution in [2.45, 2.75) is 25.8 Å². The van der Waals surface area contributed by atoms with Crippen molar-refractivity contribution in [2.24, 2.45) is 11.7 Å². The van der Waals surface area contributed by atoms with E-state index in [-0.39, 0.29) is 11.8 Å². The molecule has 114 valence electrons. The van der Waals surface area contributed by atoms with Gasteiger partial charge in [-0.3, -0.25) is 9.69 Å². The van der Waals surface area contributed by atoms with Gasteiger partial charge >= 0.3 is 0 Å². The van der Waals surface area contributed by atoms with Gasteiger partial charge in [0.1, 0.15) is 0 Å². The minimum absolute atomic E-state index is 0.187. The van der Waals surface area contributed by atoms with Crippen LogP contribution in [0.3, 0.4) is 0 Å². The number of amides is 1. The second kappa shape index (κ2) is 4.99. The molecule has 2 aromatic rings. The average Bonchev–Trinajstić information content (AvgIpc) is 2.93. The monoisotopic (exact) mass is 295 g/mol. The van der Waals surface area contributed by atoms with Crippen LogP contribution < -0.4 is 5.73 Å². The van der Waals surface area contributed by atoms with Crippen LogP contribution >= 0.6 is 0 Å². The van der Waals surface area contributed by atoms with E-state index in [1.54, 1.807) is 0 Å². The fraction of sp³-hybridized carbons (Fsp3) is 0.389. The highest BCUT2D eigenvalue weighted by atomic mass is 16.1. The van der Waals surface area contributed by atoms with E-state index in [1.165, 1.54) is 27.6 Å². The number of hydrogen-bond donors (Lipinski definition) is 2. The Kier molecular flexibility index (Phi) is 3.08. The standard InChI is InChI=1S/C18H21N3O/c1-2-6-21-10-12(18(19)22)7-14-13-4-3-5-15-17(13)11(9-20-15)8-16(14)21/h3-5,7,9,12,16,20H,2,6,8,10H2,1H3,(H2,19,22)/t12-,16-/m1/s1. The van der Waals surface area contributed by atoms with Gasteiger partial charge in [0.15, 0.2) is 0 Å². The predicted octanol–water partition coefficient (Wildman–Crippen LogP) is 2.30. The summed E-state index contributed by atoms with van der Waals surface area (Å²) < 4.78 is 0. The van der Waals surface area contributed by atoms with Gasteiger partial charge in [-0.15, -0.1) is 0 Å². The zero-order valence-electron chi connectivity index (χ0n) is 12.8. The van der Waals surface area contributed by atoms with Crippen LogP contribution in [0.15, 0.2) is 30.5 Å². The quantitative estimate of drug-likeness (QED) is 0.912. The fourth-order valence-electron chi connectivity index (χ4n) is 4.04. The highest BCUT2D eigenvalue weighted by molar-refractivity contribution is 5.99. The third-order valence-corrected chi connectivity index (χ3v) is 5.00. The van der Waals surface area contributed by atoms with E-state index in [2.05, 4.69) is 47.3 Å². The highest BCUT2D eigenvalue weighted by Gasteiger charge is 2.36. The molecule has 1 aliphatic heterocycles. The minimum Gasteiger partial charge on any atom is -0.369 e. The Bertz CT molecular complexity index is 774. The molecule has 1 aromatic heterocycles. The number of carbonyl (C=O) groups excluding carboxylic acids is 1. The van der Waals surface area contributed by atoms with Gasteiger partial charge in [0.25, 0.3) is 0 Å². The molecule has 0 unspecified atom stereocenters. The molecular formula is C18H21N3O. The maximum atomic E-state index is 11.8. The smallest absolute Gasteiger partial charge is 0.225 e. The Hall–Kier alpha value is -2.07. The molecule has 4 nitrogen and oxygen atoms in total. The Morgan fingerprint density at radius 3 is 3.09 bits per heavy atom. The van der Waals surface area contributed by atoms with E-state index in [4.69, 9.17) is 5.73 Å². The van der Waals surface area contributed by atoms with Gasteiger partial charge in [-0.25, -0.2) is 0 Å². The first-order chi connectivity index (χ1) is 10.7. The molecule has 3 N–H and O–H groups in total. The van der Waals surface area contributed by atoms with Crippen LogP contribution in [0.2, 0.25) is 0 Å². The largest absolute Gasteiger partial charge is 0.369 e. The van der Waals surface area contributed by atoms with Crippen LogP contribution in [0.1, 0.15) is 24.5 Å². The number of aromatic nitrogens is 1. The third-order valence-electron chi connectivity index (χ3n) is 5.00. The van der Waals surface area contributed by atoms with Gasteiger partial charge in [0.2, 0.25) is 5.91 Å². The molecule has 4 rings (SSSR count). The maximum absolute atomic E-state index is 11.8. The summed E-state index contributed by atoms with van der Waals surface area (Å²) in [5.41, 5.74) is 10.7. The van der Waals surface area contributed by atoms with Gasteiger partial charge in [-0.1, -0.05) is 25.1 Å². The lowest BCUT2D eigenvalue weighted by Crippen LogP contribution is -2.48. The van der Waals surface area contributed by atoms with E-state index in [1.807, 2.05) is 0 Å². The van der Waals surface area contributed by atoms with Crippen molar-refractivity contribution < 1.29 is 4.79 Å². The molecular weight excluding hydrogens is 274 g/mol. The second-order valence-electron chi connectivity index (χ2n) is 6.39. The number of carbonyl (C=O) groups is 1. The summed E-state index contributed by atoms with van der Waals surface area (Å²) in [5, 5.41) is 1.31. The SMILES string of the molecule is CCCN1C[C@H](C(N)=O)C=C2c3cccc4[nH]cc(c34)C[C@H]21. The lowest BCUT2D eigenvalue weighted by atomic mass is 9.79. The zero-order chi connectivity index (χ0) is 15.3. The lowest BCUT2D eigenvalue weighted by Gasteiger charge is -2.41. The van der Waals surface area contributed by atoms with Crippen LogP contribution in [-0.2, 0) is 11.2 Å². The third kappa shape index (κ3) is 1.91. The molecule has 0 spiro atoms. The summed E-state index contributed by atoms with van der Waals surface area (Å²) in [6.45, 7) is 3.93. The van der Waals surface area contributed by atoms with E-state index >= 15 is 0 Å². The lowest BCUT2D eigenvalue weighted by molar-refractivity contribution is -0.121. The van der Waals surface area contributed by atoms with Gasteiger partial charge < -0.3 is 10.7 Å². The number of benzene rings is 1. The van der Waals surface area contributed by atoms with Gasteiger partial charge in [0.05, 0.1) is 5.92 Å². The van der Waals surface area contributed by atoms with Gasteiger partial charge in [0, 0.05) is 29.7 Å². The number of rotatable bonds is 3. The highest BCUT2D eigenvalue weighted by Crippen LogP contribution is 2.41. The molecule has 0 saturated carbocycles. The molecule has 22 heavy (non-hydrogen) atoms. The van der Waals surface area contributed by atoms with Crippen LogP contribution in [-0.4, -0.2) is 34.9 Å². The molecule has 0 fully saturated rings. The van der Waals surface area contributed by atoms with Crippen LogP contribution in [0.5, 0.6) is 0 Å². The summed E-state index contributed by atoms with van der Waals surface area (Å²) in [4.78, 5) is 17.6. The normalized spacial score (nSPS) is 24.1. The number of hydrogen-bond acceptors (Lipinski definition) is 2. The summed E-state index contributed by atoms with van der Waals surface area (Å²) in [7, 11) is 0. The molecule has 0 saturated heterocycles. The fourth-order valence-corrected chi connectivity index (χ4v) is 4.04. The van der Waals surface area contributed by atoms with Crippen molar-refractivity contribution in [1.29, 1.82) is 0 Å². The van der Waals surface area contributed by atoms with Gasteiger partial charge in [-0.2, -0.15) is 0 Å². The zero-order valence-corrected chi connectivity index (χ0v) is 12.8. The molecule has 2 heterocycles. The first kappa shape index (κ1) is 13.6. The first-order valence-electron chi connectivity index (χ1n) is 8.03. The molecule has 2 aliphatic rings. The van der Waals surface area contributed by atoms with E-state index in [0.717, 1.165) is 25.9 Å². The van der Waals surface area contributed by atoms with E-state index in [9.17, 15) is 4.79 Å². The van der Waals surface area contributed by atoms with Crippen molar-refractivity contribution in [3.63, 3.8) is 0 Å². The Labute approximate surface area is 130 Å². The van der Waals surface area contributed by atoms with Crippen LogP contribution in [0.4, 0.5) is 0 Å². The molecule has 0 bridgehead atoms. The van der Waals surface area contributed by atoms with E-state index in [0.29, 0.717) is 6.04 Å². The van der Waals surface area contributed by atoms with Crippen molar-refractivity contribution in [1.82, 2.24) is 9.88 Å². The number of nitrogens with zero attached hydrogens (tertiary/aromatic N) is 1. The number of nitrogens with two attached hydrogens (primary N) is 1. The molecule has 4 heteroatoms. The Morgan fingerprint density at radius 2 is 2.32 bits per heavy atom. The number of primary amides is 1. The molecule has 1 aromatic carbocycles. The first-order valence-corrected chi connectivity index (χ1v) is 8.03. The van der Waals surface area contributed by atoms with Gasteiger partial charge in [-0.05, 0) is 42.2 Å². The van der Waals surface area contributed by atoms with Crippen molar-refractivity contribution in [2.75, 3.05) is 13.1 Å². The average molecular weight is 295 g/mol. The van der Waals surface area contributed by atoms with E-state index < -0.39 is 0 Å². The van der Waals surface area contributed by atoms with Crippen LogP contribution in [0.25, 0.3) is 16.5 Å². The topological polar surface area (TPSA) is 62.1 Å². The number of nitrogens with one attached hydrogen (secondary N) is 1. The van der Waals surface area contributed by atoms with Crippen molar-refractivity contribution in [3.8, 4) is 0 Å². The van der Waals surface area contributed by atoms with Crippen molar-refractivity contribution in [3.05, 3.63) is 41.6 Å². The molecule has 2 atom stereocenters.